The Labute approximate surface area is 97.5 Å². The molecule has 0 aliphatic rings. The van der Waals surface area contributed by atoms with Gasteiger partial charge in [-0.3, -0.25) is 0 Å². The molecule has 2 N–H and O–H groups in total. The lowest BCUT2D eigenvalue weighted by atomic mass is 10.1. The van der Waals surface area contributed by atoms with E-state index < -0.39 is 0 Å². The first kappa shape index (κ1) is 19.8. The Morgan fingerprint density at radius 2 is 1.07 bits per heavy atom. The Hall–Kier alpha value is -0.720. The zero-order valence-electron chi connectivity index (χ0n) is 12.3. The fraction of sp³-hybridized carbons (Fsp3) is 0.714. The Bertz CT molecular complexity index is 167. The third-order valence-electron chi connectivity index (χ3n) is 1.95. The normalized spacial score (nSPS) is 7.53. The van der Waals surface area contributed by atoms with Crippen LogP contribution in [0.3, 0.4) is 0 Å². The van der Waals surface area contributed by atoms with Gasteiger partial charge in [0.15, 0.2) is 0 Å². The third kappa shape index (κ3) is 13.3. The topological polar surface area (TPSA) is 26.0 Å². The highest BCUT2D eigenvalue weighted by Crippen LogP contribution is 2.12. The molecule has 0 saturated heterocycles. The molecule has 0 fully saturated rings. The smallest absolute Gasteiger partial charge is 0.0108 e. The molecule has 0 aromatic heterocycles. The monoisotopic (exact) mass is 213 g/mol. The molecule has 0 aromatic carbocycles. The van der Waals surface area contributed by atoms with Crippen molar-refractivity contribution < 1.29 is 0 Å². The SMILES string of the molecule is CC.CC.CC(C)=C(C)CC(N)=C(C)C. The minimum absolute atomic E-state index is 0.921. The van der Waals surface area contributed by atoms with Crippen LogP contribution >= 0.6 is 0 Å². The molecule has 15 heavy (non-hydrogen) atoms. The Balaban J connectivity index is -0.000000318. The van der Waals surface area contributed by atoms with Gasteiger partial charge in [0.1, 0.15) is 0 Å². The summed E-state index contributed by atoms with van der Waals surface area (Å²) < 4.78 is 0. The molecule has 0 aliphatic heterocycles. The van der Waals surface area contributed by atoms with E-state index >= 15 is 0 Å². The average Bonchev–Trinajstić information content (AvgIpc) is 2.23. The quantitative estimate of drug-likeness (QED) is 0.639. The van der Waals surface area contributed by atoms with E-state index in [1.165, 1.54) is 16.7 Å². The summed E-state index contributed by atoms with van der Waals surface area (Å²) in [5.41, 5.74) is 10.8. The van der Waals surface area contributed by atoms with E-state index in [0.29, 0.717) is 0 Å². The van der Waals surface area contributed by atoms with E-state index in [4.69, 9.17) is 5.73 Å². The molecular weight excluding hydrogens is 182 g/mol. The van der Waals surface area contributed by atoms with Crippen LogP contribution in [0.1, 0.15) is 68.7 Å². The van der Waals surface area contributed by atoms with Gasteiger partial charge in [-0.15, -0.1) is 0 Å². The maximum Gasteiger partial charge on any atom is 0.0108 e. The van der Waals surface area contributed by atoms with Crippen molar-refractivity contribution in [3.63, 3.8) is 0 Å². The van der Waals surface area contributed by atoms with E-state index in [1.807, 2.05) is 41.5 Å². The van der Waals surface area contributed by atoms with Crippen molar-refractivity contribution in [1.82, 2.24) is 0 Å². The maximum absolute atomic E-state index is 5.80. The summed E-state index contributed by atoms with van der Waals surface area (Å²) >= 11 is 0. The molecule has 1 heteroatoms. The Morgan fingerprint density at radius 3 is 1.27 bits per heavy atom. The summed E-state index contributed by atoms with van der Waals surface area (Å²) in [5.74, 6) is 0. The van der Waals surface area contributed by atoms with Gasteiger partial charge in [0.25, 0.3) is 0 Å². The van der Waals surface area contributed by atoms with Crippen LogP contribution in [0.25, 0.3) is 0 Å². The van der Waals surface area contributed by atoms with Crippen molar-refractivity contribution in [2.45, 2.75) is 68.7 Å². The van der Waals surface area contributed by atoms with Crippen LogP contribution in [-0.2, 0) is 0 Å². The van der Waals surface area contributed by atoms with Gasteiger partial charge in [0.05, 0.1) is 0 Å². The molecule has 0 amide bonds. The summed E-state index contributed by atoms with van der Waals surface area (Å²) in [5, 5.41) is 0. The van der Waals surface area contributed by atoms with Gasteiger partial charge in [-0.2, -0.15) is 0 Å². The molecule has 0 spiro atoms. The van der Waals surface area contributed by atoms with Crippen LogP contribution in [0.15, 0.2) is 22.4 Å². The zero-order valence-corrected chi connectivity index (χ0v) is 12.3. The van der Waals surface area contributed by atoms with Crippen LogP contribution < -0.4 is 5.73 Å². The van der Waals surface area contributed by atoms with Crippen LogP contribution in [-0.4, -0.2) is 0 Å². The Kier molecular flexibility index (Phi) is 17.5. The van der Waals surface area contributed by atoms with Gasteiger partial charge in [-0.05, 0) is 34.6 Å². The number of hydrogen-bond donors (Lipinski definition) is 1. The van der Waals surface area contributed by atoms with Gasteiger partial charge >= 0.3 is 0 Å². The third-order valence-corrected chi connectivity index (χ3v) is 1.95. The molecule has 0 aliphatic carbocycles. The van der Waals surface area contributed by atoms with E-state index in [0.717, 1.165) is 12.1 Å². The highest BCUT2D eigenvalue weighted by Gasteiger charge is 1.96. The molecule has 0 radical (unpaired) electrons. The van der Waals surface area contributed by atoms with Crippen molar-refractivity contribution in [3.05, 3.63) is 22.4 Å². The number of nitrogens with two attached hydrogens (primary N) is 1. The van der Waals surface area contributed by atoms with Crippen LogP contribution in [0, 0.1) is 0 Å². The summed E-state index contributed by atoms with van der Waals surface area (Å²) in [7, 11) is 0. The zero-order chi connectivity index (χ0) is 13.0. The van der Waals surface area contributed by atoms with Gasteiger partial charge in [0.2, 0.25) is 0 Å². The van der Waals surface area contributed by atoms with Crippen molar-refractivity contribution in [2.24, 2.45) is 5.73 Å². The minimum Gasteiger partial charge on any atom is -0.402 e. The molecule has 0 heterocycles. The fourth-order valence-electron chi connectivity index (χ4n) is 0.639. The molecule has 1 nitrogen and oxygen atoms in total. The molecule has 0 rings (SSSR count). The van der Waals surface area contributed by atoms with Crippen LogP contribution in [0.4, 0.5) is 0 Å². The fourth-order valence-corrected chi connectivity index (χ4v) is 0.639. The molecule has 0 aromatic rings. The lowest BCUT2D eigenvalue weighted by Crippen LogP contribution is -2.00. The first-order valence-corrected chi connectivity index (χ1v) is 6.00. The molecular formula is C14H31N. The standard InChI is InChI=1S/C10H19N.2C2H6/c1-7(2)9(5)6-10(11)8(3)4;2*1-2/h6,11H2,1-5H3;2*1-2H3. The van der Waals surface area contributed by atoms with Crippen molar-refractivity contribution in [3.8, 4) is 0 Å². The number of hydrogen-bond acceptors (Lipinski definition) is 1. The second kappa shape index (κ2) is 13.3. The molecule has 0 atom stereocenters. The largest absolute Gasteiger partial charge is 0.402 e. The van der Waals surface area contributed by atoms with Crippen molar-refractivity contribution >= 4 is 0 Å². The predicted octanol–water partition coefficient (Wildman–Crippen LogP) is 5.04. The first-order valence-electron chi connectivity index (χ1n) is 6.00. The van der Waals surface area contributed by atoms with Gasteiger partial charge < -0.3 is 5.73 Å². The van der Waals surface area contributed by atoms with E-state index in [2.05, 4.69) is 20.8 Å². The van der Waals surface area contributed by atoms with E-state index in [-0.39, 0.29) is 0 Å². The molecule has 92 valence electrons. The maximum atomic E-state index is 5.80. The van der Waals surface area contributed by atoms with Crippen LogP contribution in [0.2, 0.25) is 0 Å². The minimum atomic E-state index is 0.921. The van der Waals surface area contributed by atoms with E-state index in [9.17, 15) is 0 Å². The first-order chi connectivity index (χ1) is 6.95. The van der Waals surface area contributed by atoms with E-state index in [1.54, 1.807) is 0 Å². The lowest BCUT2D eigenvalue weighted by molar-refractivity contribution is 1.01. The molecule has 0 saturated carbocycles. The second-order valence-corrected chi connectivity index (χ2v) is 3.48. The summed E-state index contributed by atoms with van der Waals surface area (Å²) in [4.78, 5) is 0. The summed E-state index contributed by atoms with van der Waals surface area (Å²) in [6, 6.07) is 0. The van der Waals surface area contributed by atoms with Gasteiger partial charge in [0, 0.05) is 12.1 Å². The highest BCUT2D eigenvalue weighted by atomic mass is 14.6. The van der Waals surface area contributed by atoms with Crippen molar-refractivity contribution in [1.29, 1.82) is 0 Å². The number of allylic oxidation sites excluding steroid dienone is 3. The van der Waals surface area contributed by atoms with Crippen LogP contribution in [0.5, 0.6) is 0 Å². The Morgan fingerprint density at radius 1 is 0.733 bits per heavy atom. The molecule has 0 bridgehead atoms. The van der Waals surface area contributed by atoms with Crippen molar-refractivity contribution in [2.75, 3.05) is 0 Å². The highest BCUT2D eigenvalue weighted by molar-refractivity contribution is 5.18. The second-order valence-electron chi connectivity index (χ2n) is 3.48. The van der Waals surface area contributed by atoms with Gasteiger partial charge in [-0.25, -0.2) is 0 Å². The number of rotatable bonds is 2. The lowest BCUT2D eigenvalue weighted by Gasteiger charge is -2.05. The average molecular weight is 213 g/mol. The van der Waals surface area contributed by atoms with Gasteiger partial charge in [-0.1, -0.05) is 44.4 Å². The molecule has 0 unspecified atom stereocenters. The summed E-state index contributed by atoms with van der Waals surface area (Å²) in [6.45, 7) is 18.5. The summed E-state index contributed by atoms with van der Waals surface area (Å²) in [6.07, 6.45) is 0.921. The predicted molar refractivity (Wildman–Crippen MR) is 73.9 cm³/mol.